The van der Waals surface area contributed by atoms with Gasteiger partial charge in [0.1, 0.15) is 6.10 Å². The molecule has 0 spiro atoms. The third-order valence-corrected chi connectivity index (χ3v) is 5.59. The Kier molecular flexibility index (Phi) is 4.82. The Hall–Kier alpha value is -0.920. The Bertz CT molecular complexity index is 684. The molecule has 0 aliphatic heterocycles. The van der Waals surface area contributed by atoms with Crippen molar-refractivity contribution in [2.24, 2.45) is 0 Å². The molecule has 0 aliphatic carbocycles. The van der Waals surface area contributed by atoms with Gasteiger partial charge >= 0.3 is 0 Å². The number of thiophene rings is 1. The van der Waals surface area contributed by atoms with Gasteiger partial charge in [-0.05, 0) is 36.1 Å². The van der Waals surface area contributed by atoms with Crippen molar-refractivity contribution in [3.63, 3.8) is 0 Å². The maximum Gasteiger partial charge on any atom is 0.240 e. The van der Waals surface area contributed by atoms with Gasteiger partial charge in [-0.3, -0.25) is 0 Å². The number of benzene rings is 1. The zero-order valence-electron chi connectivity index (χ0n) is 10.7. The minimum Gasteiger partial charge on any atom is -0.386 e. The fourth-order valence-corrected chi connectivity index (χ4v) is 3.62. The van der Waals surface area contributed by atoms with E-state index in [1.54, 1.807) is 25.1 Å². The van der Waals surface area contributed by atoms with E-state index >= 15 is 0 Å². The van der Waals surface area contributed by atoms with Crippen molar-refractivity contribution < 1.29 is 13.5 Å². The van der Waals surface area contributed by atoms with Crippen LogP contribution in [0.15, 0.2) is 40.6 Å². The summed E-state index contributed by atoms with van der Waals surface area (Å²) in [6, 6.07) is 8.09. The molecule has 2 N–H and O–H groups in total. The number of sulfonamides is 1. The second kappa shape index (κ2) is 6.24. The summed E-state index contributed by atoms with van der Waals surface area (Å²) in [5, 5.41) is 12.1. The summed E-state index contributed by atoms with van der Waals surface area (Å²) in [7, 11) is -3.68. The maximum absolute atomic E-state index is 12.1. The van der Waals surface area contributed by atoms with Gasteiger partial charge in [0.2, 0.25) is 10.0 Å². The molecule has 4 nitrogen and oxygen atoms in total. The average molecular weight is 332 g/mol. The van der Waals surface area contributed by atoms with Crippen LogP contribution in [0.25, 0.3) is 0 Å². The number of hydrogen-bond donors (Lipinski definition) is 2. The predicted octanol–water partition coefficient (Wildman–Crippen LogP) is 2.72. The van der Waals surface area contributed by atoms with Crippen molar-refractivity contribution >= 4 is 33.0 Å². The van der Waals surface area contributed by atoms with Crippen LogP contribution in [0.4, 0.5) is 0 Å². The first-order valence-corrected chi connectivity index (χ1v) is 8.61. The molecule has 7 heteroatoms. The standard InChI is InChI=1S/C13H14ClNO3S2/c1-9-4-5-10(7-11(9)14)20(17,18)15-8-12(16)13-3-2-6-19-13/h2-7,12,15-16H,8H2,1H3. The molecule has 0 fully saturated rings. The van der Waals surface area contributed by atoms with E-state index in [-0.39, 0.29) is 11.4 Å². The Balaban J connectivity index is 2.09. The number of hydrogen-bond acceptors (Lipinski definition) is 4. The Morgan fingerprint density at radius 3 is 2.75 bits per heavy atom. The second-order valence-electron chi connectivity index (χ2n) is 4.29. The summed E-state index contributed by atoms with van der Waals surface area (Å²) in [6.07, 6.45) is -0.856. The highest BCUT2D eigenvalue weighted by Gasteiger charge is 2.17. The molecule has 0 bridgehead atoms. The lowest BCUT2D eigenvalue weighted by Gasteiger charge is -2.11. The van der Waals surface area contributed by atoms with Crippen LogP contribution in [0, 0.1) is 6.92 Å². The van der Waals surface area contributed by atoms with E-state index in [9.17, 15) is 13.5 Å². The van der Waals surface area contributed by atoms with Crippen LogP contribution in [0.3, 0.4) is 0 Å². The van der Waals surface area contributed by atoms with E-state index < -0.39 is 16.1 Å². The number of nitrogens with one attached hydrogen (secondary N) is 1. The van der Waals surface area contributed by atoms with E-state index in [1.165, 1.54) is 23.5 Å². The molecular formula is C13H14ClNO3S2. The fraction of sp³-hybridized carbons (Fsp3) is 0.231. The minimum atomic E-state index is -3.68. The summed E-state index contributed by atoms with van der Waals surface area (Å²) in [5.41, 5.74) is 0.809. The van der Waals surface area contributed by atoms with Crippen molar-refractivity contribution in [2.45, 2.75) is 17.9 Å². The predicted molar refractivity (Wildman–Crippen MR) is 80.7 cm³/mol. The van der Waals surface area contributed by atoms with E-state index in [4.69, 9.17) is 11.6 Å². The van der Waals surface area contributed by atoms with Gasteiger partial charge in [0, 0.05) is 16.4 Å². The summed E-state index contributed by atoms with van der Waals surface area (Å²) >= 11 is 7.30. The van der Waals surface area contributed by atoms with E-state index in [0.717, 1.165) is 10.4 Å². The molecule has 1 unspecified atom stereocenters. The molecule has 1 atom stereocenters. The van der Waals surface area contributed by atoms with Crippen LogP contribution in [-0.4, -0.2) is 20.1 Å². The lowest BCUT2D eigenvalue weighted by Crippen LogP contribution is -2.28. The Morgan fingerprint density at radius 1 is 1.40 bits per heavy atom. The largest absolute Gasteiger partial charge is 0.386 e. The third kappa shape index (κ3) is 3.59. The van der Waals surface area contributed by atoms with E-state index in [1.807, 2.05) is 5.38 Å². The summed E-state index contributed by atoms with van der Waals surface area (Å²) in [5.74, 6) is 0. The third-order valence-electron chi connectivity index (χ3n) is 2.79. The molecule has 1 aromatic heterocycles. The SMILES string of the molecule is Cc1ccc(S(=O)(=O)NCC(O)c2cccs2)cc1Cl. The van der Waals surface area contributed by atoms with Crippen LogP contribution in [0.5, 0.6) is 0 Å². The van der Waals surface area contributed by atoms with Crippen LogP contribution < -0.4 is 4.72 Å². The minimum absolute atomic E-state index is 0.0751. The molecule has 2 aromatic rings. The second-order valence-corrected chi connectivity index (χ2v) is 7.45. The molecule has 20 heavy (non-hydrogen) atoms. The normalized spacial score (nSPS) is 13.3. The number of halogens is 1. The molecule has 1 heterocycles. The van der Waals surface area contributed by atoms with Gasteiger partial charge in [0.25, 0.3) is 0 Å². The highest BCUT2D eigenvalue weighted by molar-refractivity contribution is 7.89. The molecule has 0 radical (unpaired) electrons. The van der Waals surface area contributed by atoms with Gasteiger partial charge in [-0.15, -0.1) is 11.3 Å². The van der Waals surface area contributed by atoms with E-state index in [2.05, 4.69) is 4.72 Å². The maximum atomic E-state index is 12.1. The van der Waals surface area contributed by atoms with Crippen molar-refractivity contribution in [3.05, 3.63) is 51.2 Å². The zero-order valence-corrected chi connectivity index (χ0v) is 13.1. The molecular weight excluding hydrogens is 318 g/mol. The summed E-state index contributed by atoms with van der Waals surface area (Å²) in [4.78, 5) is 0.807. The van der Waals surface area contributed by atoms with Crippen LogP contribution in [0.2, 0.25) is 5.02 Å². The monoisotopic (exact) mass is 331 g/mol. The first kappa shape index (κ1) is 15.5. The number of rotatable bonds is 5. The lowest BCUT2D eigenvalue weighted by atomic mass is 10.2. The topological polar surface area (TPSA) is 66.4 Å². The number of aryl methyl sites for hydroxylation is 1. The first-order chi connectivity index (χ1) is 9.40. The van der Waals surface area contributed by atoms with Crippen molar-refractivity contribution in [3.8, 4) is 0 Å². The van der Waals surface area contributed by atoms with Gasteiger partial charge in [-0.1, -0.05) is 23.7 Å². The quantitative estimate of drug-likeness (QED) is 0.885. The van der Waals surface area contributed by atoms with Crippen LogP contribution >= 0.6 is 22.9 Å². The van der Waals surface area contributed by atoms with Gasteiger partial charge in [0.15, 0.2) is 0 Å². The first-order valence-electron chi connectivity index (χ1n) is 5.87. The molecule has 0 amide bonds. The smallest absolute Gasteiger partial charge is 0.240 e. The van der Waals surface area contributed by atoms with Crippen molar-refractivity contribution in [1.82, 2.24) is 4.72 Å². The van der Waals surface area contributed by atoms with Crippen LogP contribution in [0.1, 0.15) is 16.5 Å². The number of aliphatic hydroxyl groups is 1. The average Bonchev–Trinajstić information content (AvgIpc) is 2.93. The zero-order chi connectivity index (χ0) is 14.8. The highest BCUT2D eigenvalue weighted by Crippen LogP contribution is 2.21. The fourth-order valence-electron chi connectivity index (χ4n) is 1.59. The van der Waals surface area contributed by atoms with Gasteiger partial charge in [0.05, 0.1) is 4.90 Å². The molecule has 0 saturated heterocycles. The van der Waals surface area contributed by atoms with Crippen molar-refractivity contribution in [2.75, 3.05) is 6.54 Å². The van der Waals surface area contributed by atoms with Gasteiger partial charge in [-0.25, -0.2) is 13.1 Å². The van der Waals surface area contributed by atoms with E-state index in [0.29, 0.717) is 5.02 Å². The Labute approximate surface area is 127 Å². The summed E-state index contributed by atoms with van der Waals surface area (Å²) < 4.78 is 26.6. The number of aliphatic hydroxyl groups excluding tert-OH is 1. The summed E-state index contributed by atoms with van der Waals surface area (Å²) in [6.45, 7) is 1.72. The molecule has 0 aliphatic rings. The molecule has 1 aromatic carbocycles. The van der Waals surface area contributed by atoms with Crippen molar-refractivity contribution in [1.29, 1.82) is 0 Å². The molecule has 0 saturated carbocycles. The Morgan fingerprint density at radius 2 is 2.15 bits per heavy atom. The molecule has 2 rings (SSSR count). The highest BCUT2D eigenvalue weighted by atomic mass is 35.5. The van der Waals surface area contributed by atoms with Gasteiger partial charge in [-0.2, -0.15) is 0 Å². The van der Waals surface area contributed by atoms with Crippen LogP contribution in [-0.2, 0) is 10.0 Å². The molecule has 108 valence electrons. The van der Waals surface area contributed by atoms with Gasteiger partial charge < -0.3 is 5.11 Å². The lowest BCUT2D eigenvalue weighted by molar-refractivity contribution is 0.186.